The molecule has 1 aromatic carbocycles. The highest BCUT2D eigenvalue weighted by Crippen LogP contribution is 2.41. The summed E-state index contributed by atoms with van der Waals surface area (Å²) in [6, 6.07) is 7.89. The van der Waals surface area contributed by atoms with E-state index in [9.17, 15) is 5.11 Å². The summed E-state index contributed by atoms with van der Waals surface area (Å²) in [7, 11) is 0. The van der Waals surface area contributed by atoms with Crippen LogP contribution in [-0.2, 0) is 6.54 Å². The van der Waals surface area contributed by atoms with Gasteiger partial charge in [0.2, 0.25) is 5.88 Å². The van der Waals surface area contributed by atoms with Gasteiger partial charge in [0.05, 0.1) is 10.9 Å². The molecule has 0 aliphatic carbocycles. The number of aromatic hydroxyl groups is 1. The van der Waals surface area contributed by atoms with Gasteiger partial charge in [0.1, 0.15) is 11.2 Å². The summed E-state index contributed by atoms with van der Waals surface area (Å²) >= 11 is 1.63. The molecule has 4 aromatic rings. The Labute approximate surface area is 167 Å². The minimum absolute atomic E-state index is 0.147. The van der Waals surface area contributed by atoms with Crippen LogP contribution in [0.5, 0.6) is 5.88 Å². The second kappa shape index (κ2) is 7.31. The molecule has 0 amide bonds. The molecule has 1 N–H and O–H groups in total. The molecule has 0 bridgehead atoms. The zero-order valence-corrected chi connectivity index (χ0v) is 17.3. The van der Waals surface area contributed by atoms with Gasteiger partial charge in [0.25, 0.3) is 0 Å². The van der Waals surface area contributed by atoms with Gasteiger partial charge in [-0.1, -0.05) is 32.0 Å². The molecule has 3 heterocycles. The van der Waals surface area contributed by atoms with Gasteiger partial charge in [-0.3, -0.25) is 0 Å². The number of nitrogens with zero attached hydrogens (tertiary/aromatic N) is 5. The molecule has 4 rings (SSSR count). The van der Waals surface area contributed by atoms with E-state index < -0.39 is 0 Å². The predicted octanol–water partition coefficient (Wildman–Crippen LogP) is 6.43. The number of benzene rings is 1. The van der Waals surface area contributed by atoms with Crippen LogP contribution in [0.1, 0.15) is 30.7 Å². The first-order chi connectivity index (χ1) is 13.5. The lowest BCUT2D eigenvalue weighted by Crippen LogP contribution is -2.00. The third kappa shape index (κ3) is 3.16. The smallest absolute Gasteiger partial charge is 0.220 e. The molecule has 0 saturated heterocycles. The van der Waals surface area contributed by atoms with Crippen molar-refractivity contribution in [3.63, 3.8) is 0 Å². The lowest BCUT2D eigenvalue weighted by atomic mass is 10.1. The number of thiophene rings is 1. The average molecular weight is 394 g/mol. The molecule has 7 heteroatoms. The van der Waals surface area contributed by atoms with Crippen molar-refractivity contribution in [2.45, 2.75) is 40.7 Å². The van der Waals surface area contributed by atoms with E-state index >= 15 is 0 Å². The summed E-state index contributed by atoms with van der Waals surface area (Å²) in [5.74, 6) is 1.23. The van der Waals surface area contributed by atoms with Gasteiger partial charge in [-0.25, -0.2) is 9.97 Å². The van der Waals surface area contributed by atoms with Crippen molar-refractivity contribution in [2.75, 3.05) is 0 Å². The van der Waals surface area contributed by atoms with E-state index in [1.165, 1.54) is 11.2 Å². The largest absolute Gasteiger partial charge is 0.493 e. The molecule has 0 spiro atoms. The van der Waals surface area contributed by atoms with Crippen molar-refractivity contribution in [3.8, 4) is 5.88 Å². The first-order valence-corrected chi connectivity index (χ1v) is 10.2. The van der Waals surface area contributed by atoms with Crippen LogP contribution in [0.3, 0.4) is 0 Å². The molecule has 28 heavy (non-hydrogen) atoms. The summed E-state index contributed by atoms with van der Waals surface area (Å²) in [5, 5.41) is 21.5. The van der Waals surface area contributed by atoms with Crippen molar-refractivity contribution < 1.29 is 5.11 Å². The fourth-order valence-corrected chi connectivity index (χ4v) is 4.31. The number of hydrogen-bond acceptors (Lipinski definition) is 6. The highest BCUT2D eigenvalue weighted by atomic mass is 32.1. The third-order valence-electron chi connectivity index (χ3n) is 5.04. The van der Waals surface area contributed by atoms with E-state index in [0.29, 0.717) is 17.4 Å². The number of para-hydroxylation sites is 1. The van der Waals surface area contributed by atoms with Gasteiger partial charge >= 0.3 is 0 Å². The molecule has 6 nitrogen and oxygen atoms in total. The zero-order chi connectivity index (χ0) is 19.8. The third-order valence-corrected chi connectivity index (χ3v) is 6.15. The molecule has 0 unspecified atom stereocenters. The van der Waals surface area contributed by atoms with Gasteiger partial charge in [-0.2, -0.15) is 0 Å². The quantitative estimate of drug-likeness (QED) is 0.397. The van der Waals surface area contributed by atoms with E-state index in [-0.39, 0.29) is 5.88 Å². The van der Waals surface area contributed by atoms with Crippen molar-refractivity contribution in [2.24, 2.45) is 16.1 Å². The predicted molar refractivity (Wildman–Crippen MR) is 114 cm³/mol. The van der Waals surface area contributed by atoms with Crippen LogP contribution in [0.2, 0.25) is 0 Å². The van der Waals surface area contributed by atoms with Gasteiger partial charge in [0, 0.05) is 16.8 Å². The summed E-state index contributed by atoms with van der Waals surface area (Å²) in [6.07, 6.45) is 2.49. The summed E-state index contributed by atoms with van der Waals surface area (Å²) in [5.41, 5.74) is 2.57. The van der Waals surface area contributed by atoms with Crippen LogP contribution in [0.15, 0.2) is 40.8 Å². The Bertz CT molecular complexity index is 1190. The van der Waals surface area contributed by atoms with E-state index in [1.807, 2.05) is 35.8 Å². The van der Waals surface area contributed by atoms with Crippen LogP contribution in [0.25, 0.3) is 21.1 Å². The molecule has 0 saturated carbocycles. The van der Waals surface area contributed by atoms with Crippen molar-refractivity contribution in [1.82, 2.24) is 14.5 Å². The second-order valence-corrected chi connectivity index (χ2v) is 8.59. The molecule has 0 aliphatic heterocycles. The van der Waals surface area contributed by atoms with E-state index in [4.69, 9.17) is 0 Å². The maximum atomic E-state index is 10.9. The molecular weight excluding hydrogens is 370 g/mol. The molecular formula is C21H23N5OS. The molecule has 3 aromatic heterocycles. The minimum atomic E-state index is 0.147. The van der Waals surface area contributed by atoms with Gasteiger partial charge in [0.15, 0.2) is 11.5 Å². The standard InChI is InChI=1S/C21H23N5OS/c1-12(2)9-10-26-16-8-6-5-7-15(16)18(21(26)27)24-25-19-17-13(3)14(4)28-20(17)23-11-22-19/h5-8,11-12,27H,9-10H2,1-4H3. The normalized spacial score (nSPS) is 12.2. The summed E-state index contributed by atoms with van der Waals surface area (Å²) in [4.78, 5) is 10.8. The van der Waals surface area contributed by atoms with E-state index in [1.54, 1.807) is 11.3 Å². The fourth-order valence-electron chi connectivity index (χ4n) is 3.32. The van der Waals surface area contributed by atoms with Crippen LogP contribution in [0.4, 0.5) is 11.5 Å². The highest BCUT2D eigenvalue weighted by molar-refractivity contribution is 7.18. The van der Waals surface area contributed by atoms with Crippen molar-refractivity contribution in [3.05, 3.63) is 41.0 Å². The monoisotopic (exact) mass is 393 g/mol. The maximum Gasteiger partial charge on any atom is 0.220 e. The molecule has 0 atom stereocenters. The average Bonchev–Trinajstić information content (AvgIpc) is 3.12. The Morgan fingerprint density at radius 2 is 1.93 bits per heavy atom. The van der Waals surface area contributed by atoms with E-state index in [0.717, 1.165) is 39.6 Å². The lowest BCUT2D eigenvalue weighted by Gasteiger charge is -2.08. The number of rotatable bonds is 5. The molecule has 0 aliphatic rings. The number of hydrogen-bond donors (Lipinski definition) is 1. The summed E-state index contributed by atoms with van der Waals surface area (Å²) < 4.78 is 1.92. The Hall–Kier alpha value is -2.80. The topological polar surface area (TPSA) is 75.7 Å². The molecule has 0 fully saturated rings. The Kier molecular flexibility index (Phi) is 4.85. The number of azo groups is 1. The van der Waals surface area contributed by atoms with Crippen LogP contribution >= 0.6 is 11.3 Å². The number of aromatic nitrogens is 3. The van der Waals surface area contributed by atoms with Crippen LogP contribution in [-0.4, -0.2) is 19.6 Å². The van der Waals surface area contributed by atoms with Crippen LogP contribution in [0, 0.1) is 19.8 Å². The fraction of sp³-hybridized carbons (Fsp3) is 0.333. The van der Waals surface area contributed by atoms with Gasteiger partial charge in [-0.15, -0.1) is 21.6 Å². The Morgan fingerprint density at radius 1 is 1.14 bits per heavy atom. The SMILES string of the molecule is Cc1sc2ncnc(N=Nc3c(O)n(CCC(C)C)c4ccccc34)c2c1C. The Morgan fingerprint density at radius 3 is 2.71 bits per heavy atom. The Balaban J connectivity index is 1.81. The van der Waals surface area contributed by atoms with Crippen molar-refractivity contribution in [1.29, 1.82) is 0 Å². The molecule has 0 radical (unpaired) electrons. The lowest BCUT2D eigenvalue weighted by molar-refractivity contribution is 0.407. The van der Waals surface area contributed by atoms with Gasteiger partial charge in [-0.05, 0) is 37.8 Å². The first kappa shape index (κ1) is 18.6. The summed E-state index contributed by atoms with van der Waals surface area (Å²) in [6.45, 7) is 9.20. The number of aryl methyl sites for hydroxylation is 3. The first-order valence-electron chi connectivity index (χ1n) is 9.40. The van der Waals surface area contributed by atoms with Gasteiger partial charge < -0.3 is 9.67 Å². The van der Waals surface area contributed by atoms with E-state index in [2.05, 4.69) is 41.0 Å². The van der Waals surface area contributed by atoms with Crippen LogP contribution < -0.4 is 0 Å². The zero-order valence-electron chi connectivity index (χ0n) is 16.5. The highest BCUT2D eigenvalue weighted by Gasteiger charge is 2.17. The maximum absolute atomic E-state index is 10.9. The van der Waals surface area contributed by atoms with Crippen molar-refractivity contribution >= 4 is 44.0 Å². The minimum Gasteiger partial charge on any atom is -0.493 e. The second-order valence-electron chi connectivity index (χ2n) is 7.38. The number of fused-ring (bicyclic) bond motifs is 2. The molecule has 144 valence electrons.